The quantitative estimate of drug-likeness (QED) is 0.521. The van der Waals surface area contributed by atoms with Crippen LogP contribution in [0.1, 0.15) is 44.4 Å². The molecule has 0 aromatic heterocycles. The summed E-state index contributed by atoms with van der Waals surface area (Å²) in [5, 5.41) is 2.74. The van der Waals surface area contributed by atoms with Gasteiger partial charge in [0.05, 0.1) is 0 Å². The van der Waals surface area contributed by atoms with Crippen molar-refractivity contribution in [3.05, 3.63) is 41.0 Å². The van der Waals surface area contributed by atoms with E-state index in [0.717, 1.165) is 11.1 Å². The van der Waals surface area contributed by atoms with Crippen molar-refractivity contribution in [2.45, 2.75) is 53.7 Å². The van der Waals surface area contributed by atoms with Crippen molar-refractivity contribution in [1.29, 1.82) is 0 Å². The molecule has 1 rings (SSSR count). The Balaban J connectivity index is 2.99. The molecule has 0 aliphatic rings. The van der Waals surface area contributed by atoms with E-state index < -0.39 is 11.8 Å². The number of amides is 1. The average Bonchev–Trinajstić information content (AvgIpc) is 2.37. The van der Waals surface area contributed by atoms with Gasteiger partial charge in [-0.15, -0.1) is 0 Å². The standard InChI is InChI=1S/C18H25NO4/c1-11(2)16(20)19-10-14-9-12(3)8-13(4)15(14)22-17(21)23-18(5,6)7/h8-9H,1,10H2,2-7H3,(H,19,20). The lowest BCUT2D eigenvalue weighted by atomic mass is 10.1. The van der Waals surface area contributed by atoms with Crippen molar-refractivity contribution < 1.29 is 19.1 Å². The molecule has 1 N–H and O–H groups in total. The maximum atomic E-state index is 11.9. The van der Waals surface area contributed by atoms with Crippen LogP contribution in [0.5, 0.6) is 5.75 Å². The molecule has 0 spiro atoms. The van der Waals surface area contributed by atoms with Crippen LogP contribution in [-0.2, 0) is 16.1 Å². The van der Waals surface area contributed by atoms with E-state index in [1.165, 1.54) is 0 Å². The van der Waals surface area contributed by atoms with Crippen molar-refractivity contribution in [2.24, 2.45) is 0 Å². The number of hydrogen-bond donors (Lipinski definition) is 1. The third kappa shape index (κ3) is 6.14. The minimum Gasteiger partial charge on any atom is -0.428 e. The van der Waals surface area contributed by atoms with Crippen LogP contribution in [0.3, 0.4) is 0 Å². The van der Waals surface area contributed by atoms with Gasteiger partial charge in [-0.1, -0.05) is 24.3 Å². The van der Waals surface area contributed by atoms with E-state index in [9.17, 15) is 9.59 Å². The first-order valence-electron chi connectivity index (χ1n) is 7.44. The van der Waals surface area contributed by atoms with Crippen LogP contribution in [0.25, 0.3) is 0 Å². The highest BCUT2D eigenvalue weighted by Gasteiger charge is 2.20. The van der Waals surface area contributed by atoms with Gasteiger partial charge in [-0.05, 0) is 47.1 Å². The van der Waals surface area contributed by atoms with Crippen molar-refractivity contribution in [1.82, 2.24) is 5.32 Å². The van der Waals surface area contributed by atoms with E-state index in [0.29, 0.717) is 16.9 Å². The first-order chi connectivity index (χ1) is 10.5. The molecule has 5 nitrogen and oxygen atoms in total. The molecule has 0 bridgehead atoms. The van der Waals surface area contributed by atoms with E-state index in [1.54, 1.807) is 27.7 Å². The number of rotatable bonds is 4. The number of nitrogens with one attached hydrogen (secondary N) is 1. The lowest BCUT2D eigenvalue weighted by molar-refractivity contribution is -0.117. The molecule has 0 saturated carbocycles. The molecule has 0 radical (unpaired) electrons. The lowest BCUT2D eigenvalue weighted by Crippen LogP contribution is -2.27. The van der Waals surface area contributed by atoms with Gasteiger partial charge in [0.2, 0.25) is 5.91 Å². The number of hydrogen-bond acceptors (Lipinski definition) is 4. The Kier molecular flexibility index (Phi) is 5.96. The normalized spacial score (nSPS) is 10.9. The predicted octanol–water partition coefficient (Wildman–Crippen LogP) is 3.81. The van der Waals surface area contributed by atoms with Crippen molar-refractivity contribution >= 4 is 12.1 Å². The third-order valence-electron chi connectivity index (χ3n) is 2.90. The Morgan fingerprint density at radius 3 is 2.35 bits per heavy atom. The molecular formula is C18H25NO4. The van der Waals surface area contributed by atoms with E-state index in [4.69, 9.17) is 9.47 Å². The average molecular weight is 319 g/mol. The summed E-state index contributed by atoms with van der Waals surface area (Å²) < 4.78 is 10.5. The second-order valence-electron chi connectivity index (χ2n) is 6.60. The highest BCUT2D eigenvalue weighted by molar-refractivity contribution is 5.92. The monoisotopic (exact) mass is 319 g/mol. The zero-order valence-corrected chi connectivity index (χ0v) is 14.7. The smallest absolute Gasteiger partial charge is 0.428 e. The summed E-state index contributed by atoms with van der Waals surface area (Å²) in [6, 6.07) is 3.77. The summed E-state index contributed by atoms with van der Waals surface area (Å²) in [6.45, 7) is 14.6. The molecule has 0 aliphatic carbocycles. The van der Waals surface area contributed by atoms with Gasteiger partial charge in [-0.3, -0.25) is 4.79 Å². The fourth-order valence-corrected chi connectivity index (χ4v) is 2.00. The summed E-state index contributed by atoms with van der Waals surface area (Å²) in [5.74, 6) is 0.166. The lowest BCUT2D eigenvalue weighted by Gasteiger charge is -2.20. The summed E-state index contributed by atoms with van der Waals surface area (Å²) >= 11 is 0. The topological polar surface area (TPSA) is 64.6 Å². The molecule has 1 aromatic carbocycles. The molecule has 23 heavy (non-hydrogen) atoms. The summed E-state index contributed by atoms with van der Waals surface area (Å²) in [4.78, 5) is 23.6. The van der Waals surface area contributed by atoms with Crippen LogP contribution in [0.4, 0.5) is 4.79 Å². The highest BCUT2D eigenvalue weighted by atomic mass is 16.7. The van der Waals surface area contributed by atoms with Gasteiger partial charge in [0.1, 0.15) is 11.4 Å². The first-order valence-corrected chi connectivity index (χ1v) is 7.44. The van der Waals surface area contributed by atoms with Crippen LogP contribution in [0.15, 0.2) is 24.3 Å². The zero-order chi connectivity index (χ0) is 17.8. The molecule has 0 saturated heterocycles. The molecule has 0 aliphatic heterocycles. The molecule has 0 fully saturated rings. The van der Waals surface area contributed by atoms with Crippen molar-refractivity contribution in [2.75, 3.05) is 0 Å². The Bertz CT molecular complexity index is 627. The van der Waals surface area contributed by atoms with Gasteiger partial charge < -0.3 is 14.8 Å². The summed E-state index contributed by atoms with van der Waals surface area (Å²) in [6.07, 6.45) is -0.767. The number of benzene rings is 1. The van der Waals surface area contributed by atoms with E-state index >= 15 is 0 Å². The molecular weight excluding hydrogens is 294 g/mol. The Hall–Kier alpha value is -2.30. The van der Waals surface area contributed by atoms with Gasteiger partial charge in [0.15, 0.2) is 0 Å². The van der Waals surface area contributed by atoms with E-state index in [2.05, 4.69) is 11.9 Å². The van der Waals surface area contributed by atoms with Crippen LogP contribution >= 0.6 is 0 Å². The predicted molar refractivity (Wildman–Crippen MR) is 89.4 cm³/mol. The molecule has 5 heteroatoms. The molecule has 126 valence electrons. The number of carbonyl (C=O) groups excluding carboxylic acids is 2. The zero-order valence-electron chi connectivity index (χ0n) is 14.7. The van der Waals surface area contributed by atoms with Gasteiger partial charge in [0, 0.05) is 17.7 Å². The number of carbonyl (C=O) groups is 2. The second kappa shape index (κ2) is 7.31. The van der Waals surface area contributed by atoms with Gasteiger partial charge in [0.25, 0.3) is 0 Å². The number of aryl methyl sites for hydroxylation is 2. The minimum atomic E-state index is -0.767. The molecule has 1 amide bonds. The molecule has 0 heterocycles. The third-order valence-corrected chi connectivity index (χ3v) is 2.90. The second-order valence-corrected chi connectivity index (χ2v) is 6.60. The van der Waals surface area contributed by atoms with Crippen molar-refractivity contribution in [3.8, 4) is 5.75 Å². The highest BCUT2D eigenvalue weighted by Crippen LogP contribution is 2.26. The molecule has 0 atom stereocenters. The minimum absolute atomic E-state index is 0.242. The van der Waals surface area contributed by atoms with Crippen LogP contribution in [0.2, 0.25) is 0 Å². The molecule has 1 aromatic rings. The fraction of sp³-hybridized carbons (Fsp3) is 0.444. The van der Waals surface area contributed by atoms with Crippen molar-refractivity contribution in [3.63, 3.8) is 0 Å². The fourth-order valence-electron chi connectivity index (χ4n) is 2.00. The summed E-state index contributed by atoms with van der Waals surface area (Å²) in [5.41, 5.74) is 2.31. The number of ether oxygens (including phenoxy) is 2. The van der Waals surface area contributed by atoms with Gasteiger partial charge in [-0.25, -0.2) is 4.79 Å². The SMILES string of the molecule is C=C(C)C(=O)NCc1cc(C)cc(C)c1OC(=O)OC(C)(C)C. The summed E-state index contributed by atoms with van der Waals surface area (Å²) in [7, 11) is 0. The Morgan fingerprint density at radius 2 is 1.83 bits per heavy atom. The van der Waals surface area contributed by atoms with Crippen LogP contribution in [0, 0.1) is 13.8 Å². The maximum Gasteiger partial charge on any atom is 0.514 e. The Labute approximate surface area is 137 Å². The largest absolute Gasteiger partial charge is 0.514 e. The maximum absolute atomic E-state index is 11.9. The van der Waals surface area contributed by atoms with E-state index in [-0.39, 0.29) is 12.5 Å². The van der Waals surface area contributed by atoms with E-state index in [1.807, 2.05) is 26.0 Å². The van der Waals surface area contributed by atoms with Crippen LogP contribution in [-0.4, -0.2) is 17.7 Å². The van der Waals surface area contributed by atoms with Crippen LogP contribution < -0.4 is 10.1 Å². The molecule has 0 unspecified atom stereocenters. The Morgan fingerprint density at radius 1 is 1.22 bits per heavy atom. The van der Waals surface area contributed by atoms with Gasteiger partial charge in [-0.2, -0.15) is 0 Å². The van der Waals surface area contributed by atoms with Gasteiger partial charge >= 0.3 is 6.16 Å². The first kappa shape index (κ1) is 18.7.